The van der Waals surface area contributed by atoms with Crippen molar-refractivity contribution in [2.24, 2.45) is 29.1 Å². The molecule has 0 spiro atoms. The Morgan fingerprint density at radius 3 is 2.46 bits per heavy atom. The lowest BCUT2D eigenvalue weighted by Gasteiger charge is -2.34. The van der Waals surface area contributed by atoms with Gasteiger partial charge >= 0.3 is 12.1 Å². The Morgan fingerprint density at radius 2 is 1.87 bits per heavy atom. The molecule has 1 aromatic heterocycles. The largest absolute Gasteiger partial charge is 0.458 e. The van der Waals surface area contributed by atoms with E-state index in [0.29, 0.717) is 17.7 Å². The molecule has 1 saturated carbocycles. The molecule has 3 aliphatic rings. The number of aromatic nitrogens is 1. The molecule has 1 aromatic rings. The van der Waals surface area contributed by atoms with Crippen molar-refractivity contribution in [3.05, 3.63) is 21.7 Å². The summed E-state index contributed by atoms with van der Waals surface area (Å²) in [4.78, 5) is 30.6. The van der Waals surface area contributed by atoms with Crippen molar-refractivity contribution in [2.75, 3.05) is 0 Å². The summed E-state index contributed by atoms with van der Waals surface area (Å²) in [5.41, 5.74) is -2.60. The first-order valence-electron chi connectivity index (χ1n) is 13.4. The van der Waals surface area contributed by atoms with E-state index in [9.17, 15) is 33.0 Å². The molecule has 4 rings (SSSR count). The first-order valence-corrected chi connectivity index (χ1v) is 14.3. The van der Waals surface area contributed by atoms with Crippen molar-refractivity contribution in [2.45, 2.75) is 103 Å². The van der Waals surface area contributed by atoms with Gasteiger partial charge < -0.3 is 19.7 Å². The van der Waals surface area contributed by atoms with Crippen molar-refractivity contribution in [3.8, 4) is 0 Å². The topological polar surface area (TPSA) is 109 Å². The van der Waals surface area contributed by atoms with Crippen LogP contribution in [0.3, 0.4) is 0 Å². The number of ether oxygens (including phenoxy) is 2. The van der Waals surface area contributed by atoms with Crippen LogP contribution in [0.25, 0.3) is 6.08 Å². The molecule has 2 saturated heterocycles. The predicted octanol–water partition coefficient (Wildman–Crippen LogP) is 4.88. The van der Waals surface area contributed by atoms with Crippen molar-refractivity contribution < 1.29 is 42.4 Å². The molecular formula is C28H38F3NO6S. The molecule has 3 heterocycles. The lowest BCUT2D eigenvalue weighted by Crippen LogP contribution is -2.46. The predicted molar refractivity (Wildman–Crippen MR) is 139 cm³/mol. The SMILES string of the molecule is C/C(=C\c1csc(C)n1)[C@H]1CC2OC2(C(F)(F)F)CC2CC2[C@H](C)[C@H](O)[C@@H](C)C(=O)C(C)(C)[C@@H](O)CC(=O)O1. The Bertz CT molecular complexity index is 1130. The van der Waals surface area contributed by atoms with Crippen LogP contribution in [0.5, 0.6) is 0 Å². The Balaban J connectivity index is 1.67. The maximum Gasteiger partial charge on any atom is 0.420 e. The Morgan fingerprint density at radius 1 is 1.21 bits per heavy atom. The van der Waals surface area contributed by atoms with E-state index in [4.69, 9.17) is 9.47 Å². The third kappa shape index (κ3) is 5.96. The van der Waals surface area contributed by atoms with Crippen LogP contribution in [0, 0.1) is 36.0 Å². The van der Waals surface area contributed by atoms with E-state index in [0.717, 1.165) is 5.01 Å². The monoisotopic (exact) mass is 573 g/mol. The molecular weight excluding hydrogens is 535 g/mol. The van der Waals surface area contributed by atoms with Gasteiger partial charge in [-0.25, -0.2) is 4.98 Å². The number of thiazole rings is 1. The normalized spacial score (nSPS) is 39.9. The number of cyclic esters (lactones) is 1. The molecule has 11 heteroatoms. The number of aryl methyl sites for hydroxylation is 1. The zero-order valence-corrected chi connectivity index (χ0v) is 23.9. The van der Waals surface area contributed by atoms with Crippen LogP contribution < -0.4 is 0 Å². The fourth-order valence-corrected chi connectivity index (χ4v) is 6.64. The summed E-state index contributed by atoms with van der Waals surface area (Å²) in [5, 5.41) is 24.5. The molecule has 0 radical (unpaired) electrons. The lowest BCUT2D eigenvalue weighted by atomic mass is 9.72. The number of aliphatic hydroxyl groups excluding tert-OH is 2. The molecule has 218 valence electrons. The number of carbonyl (C=O) groups excluding carboxylic acids is 2. The number of esters is 1. The molecule has 39 heavy (non-hydrogen) atoms. The van der Waals surface area contributed by atoms with Gasteiger partial charge in [0.2, 0.25) is 0 Å². The summed E-state index contributed by atoms with van der Waals surface area (Å²) < 4.78 is 54.1. The average molecular weight is 574 g/mol. The number of alkyl halides is 3. The van der Waals surface area contributed by atoms with Gasteiger partial charge in [0.25, 0.3) is 0 Å². The number of fused-ring (bicyclic) bond motifs is 2. The van der Waals surface area contributed by atoms with Gasteiger partial charge in [-0.2, -0.15) is 13.2 Å². The standard InChI is InChI=1S/C28H38F3NO6S/c1-13(7-18-12-39-16(4)32-18)20-9-22-27(38-22,28(29,30)31)11-17-8-19(17)14(2)24(35)15(3)25(36)26(5,6)21(33)10-23(34)37-20/h7,12,14-15,17,19-22,24,33,35H,8-11H2,1-6H3/b13-7+/t14-,15+,17?,19?,20+,21-,22?,24-,27?/m0/s1. The highest BCUT2D eigenvalue weighted by molar-refractivity contribution is 7.09. The summed E-state index contributed by atoms with van der Waals surface area (Å²) in [6.07, 6.45) is -8.19. The van der Waals surface area contributed by atoms with Gasteiger partial charge in [0, 0.05) is 17.7 Å². The number of carbonyl (C=O) groups is 2. The van der Waals surface area contributed by atoms with Crippen LogP contribution in [-0.2, 0) is 19.1 Å². The van der Waals surface area contributed by atoms with E-state index in [-0.39, 0.29) is 24.7 Å². The maximum atomic E-state index is 14.3. The molecule has 3 fully saturated rings. The first kappa shape index (κ1) is 30.1. The van der Waals surface area contributed by atoms with Gasteiger partial charge in [-0.3, -0.25) is 9.59 Å². The zero-order chi connectivity index (χ0) is 29.1. The quantitative estimate of drug-likeness (QED) is 0.384. The van der Waals surface area contributed by atoms with Crippen molar-refractivity contribution in [3.63, 3.8) is 0 Å². The fourth-order valence-electron chi connectivity index (χ4n) is 6.07. The number of Topliss-reactive ketones (excluding diaryl/α,β-unsaturated/α-hetero) is 1. The lowest BCUT2D eigenvalue weighted by molar-refractivity contribution is -0.187. The van der Waals surface area contributed by atoms with E-state index >= 15 is 0 Å². The molecule has 2 N–H and O–H groups in total. The van der Waals surface area contributed by atoms with E-state index < -0.39 is 71.6 Å². The number of halogens is 3. The second-order valence-corrected chi connectivity index (χ2v) is 13.3. The van der Waals surface area contributed by atoms with Crippen LogP contribution in [0.15, 0.2) is 11.0 Å². The van der Waals surface area contributed by atoms with Crippen molar-refractivity contribution >= 4 is 29.2 Å². The van der Waals surface area contributed by atoms with Gasteiger partial charge in [0.15, 0.2) is 5.60 Å². The minimum Gasteiger partial charge on any atom is -0.458 e. The Hall–Kier alpha value is -1.82. The number of hydrogen-bond donors (Lipinski definition) is 2. The highest BCUT2D eigenvalue weighted by Gasteiger charge is 2.74. The van der Waals surface area contributed by atoms with Crippen LogP contribution in [0.1, 0.15) is 71.0 Å². The van der Waals surface area contributed by atoms with Crippen LogP contribution in [0.4, 0.5) is 13.2 Å². The van der Waals surface area contributed by atoms with Crippen LogP contribution >= 0.6 is 11.3 Å². The highest BCUT2D eigenvalue weighted by atomic mass is 32.1. The summed E-state index contributed by atoms with van der Waals surface area (Å²) >= 11 is 1.42. The summed E-state index contributed by atoms with van der Waals surface area (Å²) in [6.45, 7) is 9.83. The molecule has 0 amide bonds. The average Bonchev–Trinajstić information content (AvgIpc) is 3.72. The van der Waals surface area contributed by atoms with Gasteiger partial charge in [0.05, 0.1) is 34.7 Å². The van der Waals surface area contributed by atoms with E-state index in [1.165, 1.54) is 25.2 Å². The third-order valence-electron chi connectivity index (χ3n) is 9.03. The minimum atomic E-state index is -4.63. The third-order valence-corrected chi connectivity index (χ3v) is 9.82. The second-order valence-electron chi connectivity index (χ2n) is 12.2. The number of aliphatic hydroxyl groups is 2. The summed E-state index contributed by atoms with van der Waals surface area (Å²) in [5.74, 6) is -3.05. The van der Waals surface area contributed by atoms with Gasteiger partial charge in [0.1, 0.15) is 18.0 Å². The fraction of sp³-hybridized carbons (Fsp3) is 0.750. The van der Waals surface area contributed by atoms with E-state index in [1.54, 1.807) is 32.2 Å². The van der Waals surface area contributed by atoms with E-state index in [2.05, 4.69) is 4.98 Å². The molecule has 1 aliphatic carbocycles. The summed E-state index contributed by atoms with van der Waals surface area (Å²) in [6, 6.07) is 0. The Kier molecular flexibility index (Phi) is 8.15. The molecule has 4 unspecified atom stereocenters. The number of hydrogen-bond acceptors (Lipinski definition) is 8. The Labute approximate surface area is 230 Å². The molecule has 7 nitrogen and oxygen atoms in total. The smallest absolute Gasteiger partial charge is 0.420 e. The zero-order valence-electron chi connectivity index (χ0n) is 23.1. The maximum absolute atomic E-state index is 14.3. The first-order chi connectivity index (χ1) is 18.0. The molecule has 2 aliphatic heterocycles. The van der Waals surface area contributed by atoms with Crippen LogP contribution in [0.2, 0.25) is 0 Å². The molecule has 9 atom stereocenters. The molecule has 0 bridgehead atoms. The summed E-state index contributed by atoms with van der Waals surface area (Å²) in [7, 11) is 0. The van der Waals surface area contributed by atoms with Gasteiger partial charge in [-0.15, -0.1) is 11.3 Å². The van der Waals surface area contributed by atoms with Gasteiger partial charge in [-0.1, -0.05) is 27.7 Å². The number of nitrogens with zero attached hydrogens (tertiary/aromatic N) is 1. The molecule has 0 aromatic carbocycles. The minimum absolute atomic E-state index is 0.177. The second kappa shape index (κ2) is 10.5. The number of epoxide rings is 1. The van der Waals surface area contributed by atoms with Crippen molar-refractivity contribution in [1.82, 2.24) is 4.98 Å². The van der Waals surface area contributed by atoms with Gasteiger partial charge in [-0.05, 0) is 56.1 Å². The van der Waals surface area contributed by atoms with E-state index in [1.807, 2.05) is 6.92 Å². The van der Waals surface area contributed by atoms with Crippen molar-refractivity contribution in [1.29, 1.82) is 0 Å². The number of ketones is 1. The van der Waals surface area contributed by atoms with Crippen LogP contribution in [-0.4, -0.2) is 63.1 Å². The highest BCUT2D eigenvalue weighted by Crippen LogP contribution is 2.61. The number of rotatable bonds is 2.